The summed E-state index contributed by atoms with van der Waals surface area (Å²) in [7, 11) is 0. The minimum absolute atomic E-state index is 0.513. The van der Waals surface area contributed by atoms with Crippen LogP contribution in [0.15, 0.2) is 35.1 Å². The average molecular weight is 322 g/mol. The maximum atomic E-state index is 5.77. The van der Waals surface area contributed by atoms with Crippen LogP contribution in [-0.4, -0.2) is 16.5 Å². The highest BCUT2D eigenvalue weighted by molar-refractivity contribution is 9.10. The third-order valence-corrected chi connectivity index (χ3v) is 3.22. The summed E-state index contributed by atoms with van der Waals surface area (Å²) in [6.07, 6.45) is 2.53. The molecule has 0 saturated heterocycles. The number of hydrogen-bond donors (Lipinski definition) is 1. The second kappa shape index (κ2) is 6.52. The van der Waals surface area contributed by atoms with Gasteiger partial charge >= 0.3 is 0 Å². The van der Waals surface area contributed by atoms with Gasteiger partial charge in [-0.15, -0.1) is 0 Å². The van der Waals surface area contributed by atoms with E-state index in [4.69, 9.17) is 4.74 Å². The molecular formula is C14H16BrN3O. The number of aryl methyl sites for hydroxylation is 1. The molecule has 0 unspecified atom stereocenters. The molecule has 0 fully saturated rings. The van der Waals surface area contributed by atoms with Gasteiger partial charge in [0.2, 0.25) is 5.88 Å². The van der Waals surface area contributed by atoms with Crippen LogP contribution in [0.25, 0.3) is 0 Å². The van der Waals surface area contributed by atoms with Crippen molar-refractivity contribution in [1.29, 1.82) is 0 Å². The lowest BCUT2D eigenvalue weighted by Crippen LogP contribution is -2.04. The predicted octanol–water partition coefficient (Wildman–Crippen LogP) is 4.16. The average Bonchev–Trinajstić information content (AvgIpc) is 2.40. The van der Waals surface area contributed by atoms with E-state index < -0.39 is 0 Å². The Kier molecular flexibility index (Phi) is 4.74. The van der Waals surface area contributed by atoms with Crippen molar-refractivity contribution in [3.8, 4) is 11.6 Å². The van der Waals surface area contributed by atoms with Crippen LogP contribution in [0, 0.1) is 6.92 Å². The van der Waals surface area contributed by atoms with Gasteiger partial charge in [-0.3, -0.25) is 0 Å². The van der Waals surface area contributed by atoms with Crippen molar-refractivity contribution in [3.63, 3.8) is 0 Å². The molecule has 0 aliphatic carbocycles. The molecule has 0 spiro atoms. The molecule has 19 heavy (non-hydrogen) atoms. The highest BCUT2D eigenvalue weighted by Gasteiger charge is 2.10. The Labute approximate surface area is 121 Å². The second-order valence-electron chi connectivity index (χ2n) is 4.19. The Hall–Kier alpha value is -1.62. The summed E-state index contributed by atoms with van der Waals surface area (Å²) in [6, 6.07) is 7.85. The Balaban J connectivity index is 2.20. The van der Waals surface area contributed by atoms with Crippen molar-refractivity contribution in [3.05, 3.63) is 40.6 Å². The molecule has 1 heterocycles. The van der Waals surface area contributed by atoms with E-state index in [1.54, 1.807) is 0 Å². The molecule has 0 bridgehead atoms. The quantitative estimate of drug-likeness (QED) is 0.898. The summed E-state index contributed by atoms with van der Waals surface area (Å²) in [4.78, 5) is 8.34. The molecule has 0 radical (unpaired) electrons. The van der Waals surface area contributed by atoms with Crippen LogP contribution in [0.2, 0.25) is 0 Å². The summed E-state index contributed by atoms with van der Waals surface area (Å²) in [5.41, 5.74) is 1.15. The minimum Gasteiger partial charge on any atom is -0.438 e. The van der Waals surface area contributed by atoms with Crippen molar-refractivity contribution < 1.29 is 4.74 Å². The topological polar surface area (TPSA) is 47.0 Å². The number of benzene rings is 1. The van der Waals surface area contributed by atoms with E-state index in [-0.39, 0.29) is 0 Å². The van der Waals surface area contributed by atoms with Crippen LogP contribution in [0.3, 0.4) is 0 Å². The van der Waals surface area contributed by atoms with E-state index in [0.717, 1.165) is 34.6 Å². The first-order valence-electron chi connectivity index (χ1n) is 6.19. The zero-order valence-corrected chi connectivity index (χ0v) is 12.6. The minimum atomic E-state index is 0.513. The number of nitrogens with one attached hydrogen (secondary N) is 1. The molecule has 1 aromatic carbocycles. The zero-order chi connectivity index (χ0) is 13.7. The molecule has 2 aromatic rings. The highest BCUT2D eigenvalue weighted by atomic mass is 79.9. The molecule has 1 N–H and O–H groups in total. The summed E-state index contributed by atoms with van der Waals surface area (Å²) in [5.74, 6) is 2.03. The van der Waals surface area contributed by atoms with Gasteiger partial charge in [0.05, 0.1) is 0 Å². The number of halogens is 1. The third-order valence-electron chi connectivity index (χ3n) is 2.50. The van der Waals surface area contributed by atoms with E-state index in [1.807, 2.05) is 31.2 Å². The van der Waals surface area contributed by atoms with Gasteiger partial charge in [-0.25, -0.2) is 9.97 Å². The fourth-order valence-electron chi connectivity index (χ4n) is 1.58. The first-order chi connectivity index (χ1) is 9.20. The van der Waals surface area contributed by atoms with Gasteiger partial charge in [0.1, 0.15) is 22.4 Å². The van der Waals surface area contributed by atoms with Crippen molar-refractivity contribution in [2.24, 2.45) is 0 Å². The van der Waals surface area contributed by atoms with Crippen molar-refractivity contribution in [1.82, 2.24) is 9.97 Å². The van der Waals surface area contributed by atoms with Gasteiger partial charge in [0, 0.05) is 6.54 Å². The van der Waals surface area contributed by atoms with Gasteiger partial charge in [0.25, 0.3) is 0 Å². The van der Waals surface area contributed by atoms with Gasteiger partial charge in [-0.1, -0.05) is 19.1 Å². The SMILES string of the molecule is CCCNc1ncnc(Oc2cccc(C)c2)c1Br. The molecule has 0 saturated carbocycles. The molecule has 4 nitrogen and oxygen atoms in total. The summed E-state index contributed by atoms with van der Waals surface area (Å²) in [6.45, 7) is 4.99. The monoisotopic (exact) mass is 321 g/mol. The maximum Gasteiger partial charge on any atom is 0.238 e. The predicted molar refractivity (Wildman–Crippen MR) is 79.8 cm³/mol. The van der Waals surface area contributed by atoms with Crippen molar-refractivity contribution >= 4 is 21.7 Å². The normalized spacial score (nSPS) is 10.3. The number of rotatable bonds is 5. The molecule has 2 rings (SSSR count). The Morgan fingerprint density at radius 1 is 1.32 bits per heavy atom. The van der Waals surface area contributed by atoms with Crippen LogP contribution in [-0.2, 0) is 0 Å². The zero-order valence-electron chi connectivity index (χ0n) is 11.0. The van der Waals surface area contributed by atoms with E-state index in [2.05, 4.69) is 38.1 Å². The molecule has 100 valence electrons. The van der Waals surface area contributed by atoms with Crippen LogP contribution < -0.4 is 10.1 Å². The first-order valence-corrected chi connectivity index (χ1v) is 6.99. The molecule has 0 aliphatic heterocycles. The number of anilines is 1. The van der Waals surface area contributed by atoms with Gasteiger partial charge in [-0.05, 0) is 47.0 Å². The standard InChI is InChI=1S/C14H16BrN3O/c1-3-7-16-13-12(15)14(18-9-17-13)19-11-6-4-5-10(2)8-11/h4-6,8-9H,3,7H2,1-2H3,(H,16,17,18). The number of aromatic nitrogens is 2. The lowest BCUT2D eigenvalue weighted by atomic mass is 10.2. The Morgan fingerprint density at radius 3 is 2.89 bits per heavy atom. The van der Waals surface area contributed by atoms with Crippen molar-refractivity contribution in [2.45, 2.75) is 20.3 Å². The fraction of sp³-hybridized carbons (Fsp3) is 0.286. The largest absolute Gasteiger partial charge is 0.438 e. The molecule has 0 amide bonds. The summed E-state index contributed by atoms with van der Waals surface area (Å²) >= 11 is 3.47. The molecule has 5 heteroatoms. The lowest BCUT2D eigenvalue weighted by Gasteiger charge is -2.10. The first kappa shape index (κ1) is 13.8. The van der Waals surface area contributed by atoms with E-state index >= 15 is 0 Å². The highest BCUT2D eigenvalue weighted by Crippen LogP contribution is 2.31. The van der Waals surface area contributed by atoms with Crippen molar-refractivity contribution in [2.75, 3.05) is 11.9 Å². The van der Waals surface area contributed by atoms with E-state index in [9.17, 15) is 0 Å². The summed E-state index contributed by atoms with van der Waals surface area (Å²) < 4.78 is 6.51. The van der Waals surface area contributed by atoms with Crippen LogP contribution in [0.4, 0.5) is 5.82 Å². The van der Waals surface area contributed by atoms with Gasteiger partial charge in [-0.2, -0.15) is 0 Å². The Morgan fingerprint density at radius 2 is 2.16 bits per heavy atom. The number of ether oxygens (including phenoxy) is 1. The third kappa shape index (κ3) is 3.67. The molecular weight excluding hydrogens is 306 g/mol. The van der Waals surface area contributed by atoms with E-state index in [0.29, 0.717) is 5.88 Å². The van der Waals surface area contributed by atoms with Crippen LogP contribution in [0.5, 0.6) is 11.6 Å². The van der Waals surface area contributed by atoms with Gasteiger partial charge in [0.15, 0.2) is 0 Å². The van der Waals surface area contributed by atoms with Gasteiger partial charge < -0.3 is 10.1 Å². The molecule has 0 atom stereocenters. The van der Waals surface area contributed by atoms with E-state index in [1.165, 1.54) is 6.33 Å². The second-order valence-corrected chi connectivity index (χ2v) is 4.98. The maximum absolute atomic E-state index is 5.77. The lowest BCUT2D eigenvalue weighted by molar-refractivity contribution is 0.458. The molecule has 1 aromatic heterocycles. The Bertz CT molecular complexity index is 560. The number of nitrogens with zero attached hydrogens (tertiary/aromatic N) is 2. The molecule has 0 aliphatic rings. The van der Waals surface area contributed by atoms with Crippen LogP contribution in [0.1, 0.15) is 18.9 Å². The number of hydrogen-bond acceptors (Lipinski definition) is 4. The summed E-state index contributed by atoms with van der Waals surface area (Å²) in [5, 5.41) is 3.22. The fourth-order valence-corrected chi connectivity index (χ4v) is 2.01. The smallest absolute Gasteiger partial charge is 0.238 e. The van der Waals surface area contributed by atoms with Crippen LogP contribution >= 0.6 is 15.9 Å².